The first-order valence-electron chi connectivity index (χ1n) is 6.23. The first-order chi connectivity index (χ1) is 8.58. The Bertz CT molecular complexity index is 375. The molecule has 0 saturated carbocycles. The Morgan fingerprint density at radius 1 is 1.28 bits per heavy atom. The van der Waals surface area contributed by atoms with E-state index in [0.29, 0.717) is 6.42 Å². The molecule has 0 aliphatic carbocycles. The lowest BCUT2D eigenvalue weighted by Gasteiger charge is -2.21. The lowest BCUT2D eigenvalue weighted by Crippen LogP contribution is -2.40. The van der Waals surface area contributed by atoms with Crippen molar-refractivity contribution in [2.24, 2.45) is 0 Å². The number of aryl methyl sites for hydroxylation is 1. The quantitative estimate of drug-likeness (QED) is 0.795. The minimum Gasteiger partial charge on any atom is -0.318 e. The van der Waals surface area contributed by atoms with Crippen molar-refractivity contribution in [3.63, 3.8) is 0 Å². The second-order valence-electron chi connectivity index (χ2n) is 4.54. The summed E-state index contributed by atoms with van der Waals surface area (Å²) in [6.45, 7) is 2.82. The van der Waals surface area contributed by atoms with Gasteiger partial charge in [0, 0.05) is 31.7 Å². The van der Waals surface area contributed by atoms with E-state index in [0.717, 1.165) is 12.2 Å². The summed E-state index contributed by atoms with van der Waals surface area (Å²) < 4.78 is 0. The van der Waals surface area contributed by atoms with Crippen molar-refractivity contribution < 1.29 is 4.79 Å². The first kappa shape index (κ1) is 14.7. The summed E-state index contributed by atoms with van der Waals surface area (Å²) in [5, 5.41) is 6.22. The van der Waals surface area contributed by atoms with Crippen molar-refractivity contribution in [1.29, 1.82) is 0 Å². The van der Waals surface area contributed by atoms with Crippen LogP contribution in [-0.4, -0.2) is 39.6 Å². The number of carbonyl (C=O) groups excluding carboxylic acids is 1. The molecule has 0 bridgehead atoms. The van der Waals surface area contributed by atoms with Crippen LogP contribution in [0.4, 0.5) is 5.69 Å². The van der Waals surface area contributed by atoms with E-state index < -0.39 is 0 Å². The molecule has 100 valence electrons. The van der Waals surface area contributed by atoms with E-state index >= 15 is 0 Å². The predicted octanol–water partition coefficient (Wildman–Crippen LogP) is 1.16. The molecular weight excluding hydrogens is 226 g/mol. The molecule has 4 nitrogen and oxygen atoms in total. The molecule has 0 spiro atoms. The number of carbonyl (C=O) groups is 1. The SMILES string of the molecule is CNCC(CC(=O)N(C)c1ccc(C)cc1)NC. The van der Waals surface area contributed by atoms with Crippen molar-refractivity contribution in [3.8, 4) is 0 Å². The summed E-state index contributed by atoms with van der Waals surface area (Å²) in [5.41, 5.74) is 2.13. The van der Waals surface area contributed by atoms with E-state index in [1.807, 2.05) is 52.3 Å². The average molecular weight is 249 g/mol. The molecule has 1 amide bonds. The van der Waals surface area contributed by atoms with E-state index in [1.54, 1.807) is 4.90 Å². The zero-order valence-corrected chi connectivity index (χ0v) is 11.7. The van der Waals surface area contributed by atoms with Crippen LogP contribution in [0.3, 0.4) is 0 Å². The standard InChI is InChI=1S/C14H23N3O/c1-11-5-7-13(8-6-11)17(4)14(18)9-12(16-3)10-15-2/h5-8,12,15-16H,9-10H2,1-4H3. The lowest BCUT2D eigenvalue weighted by atomic mass is 10.1. The largest absolute Gasteiger partial charge is 0.318 e. The highest BCUT2D eigenvalue weighted by molar-refractivity contribution is 5.93. The molecule has 0 aliphatic rings. The van der Waals surface area contributed by atoms with Gasteiger partial charge in [-0.05, 0) is 33.2 Å². The van der Waals surface area contributed by atoms with Gasteiger partial charge in [0.05, 0.1) is 0 Å². The van der Waals surface area contributed by atoms with Crippen molar-refractivity contribution in [2.45, 2.75) is 19.4 Å². The monoisotopic (exact) mass is 249 g/mol. The molecule has 0 saturated heterocycles. The van der Waals surface area contributed by atoms with Gasteiger partial charge in [-0.25, -0.2) is 0 Å². The average Bonchev–Trinajstić information content (AvgIpc) is 2.38. The number of hydrogen-bond acceptors (Lipinski definition) is 3. The Labute approximate surface area is 109 Å². The Morgan fingerprint density at radius 3 is 2.39 bits per heavy atom. The third kappa shape index (κ3) is 4.13. The van der Waals surface area contributed by atoms with Gasteiger partial charge in [0.2, 0.25) is 5.91 Å². The summed E-state index contributed by atoms with van der Waals surface area (Å²) in [7, 11) is 5.58. The topological polar surface area (TPSA) is 44.4 Å². The zero-order valence-electron chi connectivity index (χ0n) is 11.7. The molecule has 1 aromatic rings. The van der Waals surface area contributed by atoms with Gasteiger partial charge in [-0.2, -0.15) is 0 Å². The van der Waals surface area contributed by atoms with Crippen molar-refractivity contribution >= 4 is 11.6 Å². The Hall–Kier alpha value is -1.39. The van der Waals surface area contributed by atoms with Gasteiger partial charge in [0.15, 0.2) is 0 Å². The summed E-state index contributed by atoms with van der Waals surface area (Å²) >= 11 is 0. The molecule has 18 heavy (non-hydrogen) atoms. The lowest BCUT2D eigenvalue weighted by molar-refractivity contribution is -0.118. The summed E-state index contributed by atoms with van der Waals surface area (Å²) in [4.78, 5) is 13.8. The zero-order chi connectivity index (χ0) is 13.5. The summed E-state index contributed by atoms with van der Waals surface area (Å²) in [6, 6.07) is 8.14. The van der Waals surface area contributed by atoms with Gasteiger partial charge >= 0.3 is 0 Å². The number of nitrogens with zero attached hydrogens (tertiary/aromatic N) is 1. The van der Waals surface area contributed by atoms with Crippen LogP contribution in [0.25, 0.3) is 0 Å². The number of likely N-dealkylation sites (N-methyl/N-ethyl adjacent to an activating group) is 2. The van der Waals surface area contributed by atoms with Crippen molar-refractivity contribution in [3.05, 3.63) is 29.8 Å². The fraction of sp³-hybridized carbons (Fsp3) is 0.500. The normalized spacial score (nSPS) is 12.2. The Kier molecular flexibility index (Phi) is 5.82. The molecule has 0 aliphatic heterocycles. The van der Waals surface area contributed by atoms with Crippen molar-refractivity contribution in [1.82, 2.24) is 10.6 Å². The molecule has 0 aromatic heterocycles. The van der Waals surface area contributed by atoms with Crippen LogP contribution in [0.2, 0.25) is 0 Å². The van der Waals surface area contributed by atoms with Gasteiger partial charge in [0.25, 0.3) is 0 Å². The van der Waals surface area contributed by atoms with Crippen LogP contribution in [-0.2, 0) is 4.79 Å². The van der Waals surface area contributed by atoms with Crippen LogP contribution >= 0.6 is 0 Å². The minimum atomic E-state index is 0.119. The van der Waals surface area contributed by atoms with Crippen molar-refractivity contribution in [2.75, 3.05) is 32.6 Å². The smallest absolute Gasteiger partial charge is 0.228 e. The van der Waals surface area contributed by atoms with Gasteiger partial charge in [-0.1, -0.05) is 17.7 Å². The molecule has 1 unspecified atom stereocenters. The van der Waals surface area contributed by atoms with Crippen LogP contribution in [0, 0.1) is 6.92 Å². The molecule has 1 atom stereocenters. The van der Waals surface area contributed by atoms with Crippen LogP contribution in [0.15, 0.2) is 24.3 Å². The number of amides is 1. The second kappa shape index (κ2) is 7.13. The molecule has 0 fully saturated rings. The second-order valence-corrected chi connectivity index (χ2v) is 4.54. The maximum Gasteiger partial charge on any atom is 0.228 e. The maximum atomic E-state index is 12.1. The summed E-state index contributed by atoms with van der Waals surface area (Å²) in [5.74, 6) is 0.119. The van der Waals surface area contributed by atoms with Gasteiger partial charge in [0.1, 0.15) is 0 Å². The first-order valence-corrected chi connectivity index (χ1v) is 6.23. The fourth-order valence-electron chi connectivity index (χ4n) is 1.78. The van der Waals surface area contributed by atoms with E-state index in [1.165, 1.54) is 5.56 Å². The van der Waals surface area contributed by atoms with Crippen LogP contribution < -0.4 is 15.5 Å². The van der Waals surface area contributed by atoms with Gasteiger partial charge in [-0.3, -0.25) is 4.79 Å². The number of nitrogens with one attached hydrogen (secondary N) is 2. The molecule has 4 heteroatoms. The molecule has 1 aromatic carbocycles. The predicted molar refractivity (Wildman–Crippen MR) is 76.0 cm³/mol. The van der Waals surface area contributed by atoms with E-state index in [2.05, 4.69) is 10.6 Å². The number of rotatable bonds is 6. The van der Waals surface area contributed by atoms with Gasteiger partial charge < -0.3 is 15.5 Å². The third-order valence-electron chi connectivity index (χ3n) is 3.08. The molecule has 0 radical (unpaired) electrons. The highest BCUT2D eigenvalue weighted by Gasteiger charge is 2.15. The number of benzene rings is 1. The number of anilines is 1. The van der Waals surface area contributed by atoms with E-state index in [9.17, 15) is 4.79 Å². The third-order valence-corrected chi connectivity index (χ3v) is 3.08. The highest BCUT2D eigenvalue weighted by Crippen LogP contribution is 2.14. The molecule has 1 rings (SSSR count). The fourth-order valence-corrected chi connectivity index (χ4v) is 1.78. The van der Waals surface area contributed by atoms with Gasteiger partial charge in [-0.15, -0.1) is 0 Å². The maximum absolute atomic E-state index is 12.1. The van der Waals surface area contributed by atoms with Crippen LogP contribution in [0.5, 0.6) is 0 Å². The Morgan fingerprint density at radius 2 is 1.89 bits per heavy atom. The van der Waals surface area contributed by atoms with E-state index in [4.69, 9.17) is 0 Å². The van der Waals surface area contributed by atoms with Crippen LogP contribution in [0.1, 0.15) is 12.0 Å². The molecule has 2 N–H and O–H groups in total. The molecule has 0 heterocycles. The number of hydrogen-bond donors (Lipinski definition) is 2. The molecular formula is C14H23N3O. The van der Waals surface area contributed by atoms with E-state index in [-0.39, 0.29) is 11.9 Å². The Balaban J connectivity index is 2.63. The minimum absolute atomic E-state index is 0.119. The summed E-state index contributed by atoms with van der Waals surface area (Å²) in [6.07, 6.45) is 0.488. The highest BCUT2D eigenvalue weighted by atomic mass is 16.2.